The van der Waals surface area contributed by atoms with Gasteiger partial charge in [-0.05, 0) is 24.3 Å². The Labute approximate surface area is 148 Å². The number of hydrogen-bond acceptors (Lipinski definition) is 4. The minimum atomic E-state index is -0.395. The summed E-state index contributed by atoms with van der Waals surface area (Å²) in [5, 5.41) is 11.7. The summed E-state index contributed by atoms with van der Waals surface area (Å²) in [6.45, 7) is 0. The molecular weight excluding hydrogens is 334 g/mol. The van der Waals surface area contributed by atoms with Crippen LogP contribution in [-0.4, -0.2) is 14.3 Å². The van der Waals surface area contributed by atoms with Crippen LogP contribution in [0.4, 0.5) is 5.69 Å². The molecule has 4 rings (SSSR count). The van der Waals surface area contributed by atoms with E-state index in [1.807, 2.05) is 54.7 Å². The second kappa shape index (κ2) is 6.41. The molecule has 2 aromatic carbocycles. The summed E-state index contributed by atoms with van der Waals surface area (Å²) in [7, 11) is 0. The fourth-order valence-corrected chi connectivity index (χ4v) is 3.52. The average molecular weight is 347 g/mol. The van der Waals surface area contributed by atoms with Crippen molar-refractivity contribution in [1.82, 2.24) is 9.38 Å². The van der Waals surface area contributed by atoms with Crippen LogP contribution < -0.4 is 0 Å². The summed E-state index contributed by atoms with van der Waals surface area (Å²) >= 11 is 1.50. The second-order valence-electron chi connectivity index (χ2n) is 5.42. The molecule has 2 heterocycles. The summed E-state index contributed by atoms with van der Waals surface area (Å²) in [4.78, 5) is 16.1. The molecular formula is C19H13N3O2S. The lowest BCUT2D eigenvalue weighted by Crippen LogP contribution is -1.87. The van der Waals surface area contributed by atoms with Gasteiger partial charge in [-0.3, -0.25) is 14.5 Å². The summed E-state index contributed by atoms with van der Waals surface area (Å²) in [6.07, 6.45) is 1.99. The molecule has 0 aliphatic rings. The fourth-order valence-electron chi connectivity index (χ4n) is 2.62. The zero-order valence-corrected chi connectivity index (χ0v) is 13.9. The van der Waals surface area contributed by atoms with Crippen LogP contribution in [0.1, 0.15) is 0 Å². The largest absolute Gasteiger partial charge is 0.299 e. The molecule has 0 unspecified atom stereocenters. The van der Waals surface area contributed by atoms with Crippen LogP contribution in [0.3, 0.4) is 0 Å². The Hall–Kier alpha value is -3.12. The van der Waals surface area contributed by atoms with Gasteiger partial charge in [-0.2, -0.15) is 0 Å². The highest BCUT2D eigenvalue weighted by Crippen LogP contribution is 2.34. The predicted molar refractivity (Wildman–Crippen MR) is 97.8 cm³/mol. The smallest absolute Gasteiger partial charge is 0.269 e. The Morgan fingerprint density at radius 1 is 0.920 bits per heavy atom. The van der Waals surface area contributed by atoms with E-state index in [0.717, 1.165) is 26.8 Å². The zero-order valence-electron chi connectivity index (χ0n) is 13.1. The van der Waals surface area contributed by atoms with Crippen LogP contribution in [0.5, 0.6) is 0 Å². The van der Waals surface area contributed by atoms with Crippen molar-refractivity contribution in [1.29, 1.82) is 0 Å². The van der Waals surface area contributed by atoms with E-state index in [0.29, 0.717) is 0 Å². The molecule has 0 bridgehead atoms. The first kappa shape index (κ1) is 15.4. The second-order valence-corrected chi connectivity index (χ2v) is 6.48. The maximum atomic E-state index is 10.8. The minimum Gasteiger partial charge on any atom is -0.299 e. The number of rotatable bonds is 4. The van der Waals surface area contributed by atoms with Gasteiger partial charge in [0.15, 0.2) is 0 Å². The lowest BCUT2D eigenvalue weighted by molar-refractivity contribution is -0.384. The van der Waals surface area contributed by atoms with Gasteiger partial charge in [-0.15, -0.1) is 0 Å². The standard InChI is InChI=1S/C19H13N3O2S/c23-22(24)15-9-11-16(12-10-15)25-19-17-8-4-5-13-21(17)18(20-19)14-6-2-1-3-7-14/h1-13H. The van der Waals surface area contributed by atoms with E-state index in [4.69, 9.17) is 4.98 Å². The van der Waals surface area contributed by atoms with Crippen molar-refractivity contribution < 1.29 is 4.92 Å². The van der Waals surface area contributed by atoms with E-state index in [1.165, 1.54) is 23.9 Å². The normalized spacial score (nSPS) is 10.9. The highest BCUT2D eigenvalue weighted by Gasteiger charge is 2.14. The van der Waals surface area contributed by atoms with Crippen molar-refractivity contribution in [2.45, 2.75) is 9.92 Å². The van der Waals surface area contributed by atoms with Crippen molar-refractivity contribution in [3.05, 3.63) is 89.1 Å². The molecule has 0 amide bonds. The van der Waals surface area contributed by atoms with Crippen LogP contribution in [0.25, 0.3) is 16.9 Å². The molecule has 4 aromatic rings. The number of nitrogens with zero attached hydrogens (tertiary/aromatic N) is 3. The van der Waals surface area contributed by atoms with E-state index in [9.17, 15) is 10.1 Å². The van der Waals surface area contributed by atoms with Crippen LogP contribution in [0, 0.1) is 10.1 Å². The molecule has 0 fully saturated rings. The zero-order chi connectivity index (χ0) is 17.2. The lowest BCUT2D eigenvalue weighted by Gasteiger charge is -2.00. The SMILES string of the molecule is O=[N+]([O-])c1ccc(Sc2nc(-c3ccccc3)n3ccccc23)cc1. The lowest BCUT2D eigenvalue weighted by atomic mass is 10.2. The maximum absolute atomic E-state index is 10.8. The molecule has 0 atom stereocenters. The number of benzene rings is 2. The highest BCUT2D eigenvalue weighted by atomic mass is 32.2. The van der Waals surface area contributed by atoms with Crippen molar-refractivity contribution in [2.24, 2.45) is 0 Å². The topological polar surface area (TPSA) is 60.4 Å². The molecule has 25 heavy (non-hydrogen) atoms. The maximum Gasteiger partial charge on any atom is 0.269 e. The number of hydrogen-bond donors (Lipinski definition) is 0. The third kappa shape index (κ3) is 2.99. The van der Waals surface area contributed by atoms with E-state index < -0.39 is 4.92 Å². The quantitative estimate of drug-likeness (QED) is 0.382. The number of fused-ring (bicyclic) bond motifs is 1. The molecule has 0 spiro atoms. The third-order valence-corrected chi connectivity index (χ3v) is 4.81. The number of pyridine rings is 1. The molecule has 0 aliphatic carbocycles. The Balaban J connectivity index is 1.76. The van der Waals surface area contributed by atoms with Gasteiger partial charge in [0.1, 0.15) is 10.9 Å². The van der Waals surface area contributed by atoms with E-state index >= 15 is 0 Å². The molecule has 5 nitrogen and oxygen atoms in total. The summed E-state index contributed by atoms with van der Waals surface area (Å²) in [5.41, 5.74) is 2.13. The van der Waals surface area contributed by atoms with Gasteiger partial charge in [0.05, 0.1) is 10.4 Å². The molecule has 0 N–H and O–H groups in total. The number of non-ortho nitro benzene ring substituents is 1. The summed E-state index contributed by atoms with van der Waals surface area (Å²) < 4.78 is 2.06. The number of imidazole rings is 1. The first-order chi connectivity index (χ1) is 12.2. The van der Waals surface area contributed by atoms with Gasteiger partial charge in [-0.1, -0.05) is 48.2 Å². The Bertz CT molecular complexity index is 1040. The Morgan fingerprint density at radius 3 is 2.36 bits per heavy atom. The van der Waals surface area contributed by atoms with E-state index in [2.05, 4.69) is 4.40 Å². The molecule has 0 saturated carbocycles. The van der Waals surface area contributed by atoms with Gasteiger partial charge in [0, 0.05) is 28.8 Å². The first-order valence-corrected chi connectivity index (χ1v) is 8.49. The molecule has 2 aromatic heterocycles. The molecule has 0 aliphatic heterocycles. The van der Waals surface area contributed by atoms with Crippen molar-refractivity contribution in [3.8, 4) is 11.4 Å². The number of nitro benzene ring substituents is 1. The molecule has 122 valence electrons. The third-order valence-electron chi connectivity index (χ3n) is 3.81. The van der Waals surface area contributed by atoms with Crippen LogP contribution in [0.15, 0.2) is 88.9 Å². The van der Waals surface area contributed by atoms with Crippen molar-refractivity contribution in [3.63, 3.8) is 0 Å². The summed E-state index contributed by atoms with van der Waals surface area (Å²) in [5.74, 6) is 0.876. The Morgan fingerprint density at radius 2 is 1.64 bits per heavy atom. The predicted octanol–water partition coefficient (Wildman–Crippen LogP) is 5.06. The van der Waals surface area contributed by atoms with Gasteiger partial charge in [-0.25, -0.2) is 4.98 Å². The monoisotopic (exact) mass is 347 g/mol. The first-order valence-electron chi connectivity index (χ1n) is 7.67. The average Bonchev–Trinajstić information content (AvgIpc) is 3.02. The Kier molecular flexibility index (Phi) is 3.95. The van der Waals surface area contributed by atoms with Crippen molar-refractivity contribution in [2.75, 3.05) is 0 Å². The van der Waals surface area contributed by atoms with Crippen LogP contribution in [-0.2, 0) is 0 Å². The number of nitro groups is 1. The highest BCUT2D eigenvalue weighted by molar-refractivity contribution is 7.99. The van der Waals surface area contributed by atoms with Gasteiger partial charge in [0.2, 0.25) is 0 Å². The summed E-state index contributed by atoms with van der Waals surface area (Å²) in [6, 6.07) is 22.5. The van der Waals surface area contributed by atoms with Gasteiger partial charge >= 0.3 is 0 Å². The molecule has 0 radical (unpaired) electrons. The van der Waals surface area contributed by atoms with Gasteiger partial charge in [0.25, 0.3) is 5.69 Å². The van der Waals surface area contributed by atoms with Gasteiger partial charge < -0.3 is 0 Å². The van der Waals surface area contributed by atoms with Crippen LogP contribution in [0.2, 0.25) is 0 Å². The fraction of sp³-hybridized carbons (Fsp3) is 0. The van der Waals surface area contributed by atoms with Crippen LogP contribution >= 0.6 is 11.8 Å². The minimum absolute atomic E-state index is 0.0871. The van der Waals surface area contributed by atoms with E-state index in [1.54, 1.807) is 12.1 Å². The number of aromatic nitrogens is 2. The molecule has 6 heteroatoms. The molecule has 0 saturated heterocycles. The van der Waals surface area contributed by atoms with E-state index in [-0.39, 0.29) is 5.69 Å². The van der Waals surface area contributed by atoms with Crippen molar-refractivity contribution >= 4 is 23.0 Å².